The number of carboxylic acid groups (broad SMARTS) is 1. The molecular weight excluding hydrogens is 138 g/mol. The van der Waals surface area contributed by atoms with Crippen molar-refractivity contribution in [3.63, 3.8) is 0 Å². The molecule has 3 N–H and O–H groups in total. The molecule has 0 aromatic heterocycles. The average molecular weight is 150 g/mol. The van der Waals surface area contributed by atoms with Crippen LogP contribution < -0.4 is 5.73 Å². The van der Waals surface area contributed by atoms with Gasteiger partial charge in [-0.3, -0.25) is 4.79 Å². The van der Waals surface area contributed by atoms with Gasteiger partial charge in [-0.25, -0.2) is 0 Å². The van der Waals surface area contributed by atoms with Crippen LogP contribution in [0.1, 0.15) is 7.79 Å². The fourth-order valence-electron chi connectivity index (χ4n) is 0.319. The van der Waals surface area contributed by atoms with Crippen LogP contribution in [0.4, 0.5) is 0 Å². The zero-order chi connectivity index (χ0) is 8.20. The lowest BCUT2D eigenvalue weighted by Gasteiger charge is -2.02. The second-order valence-corrected chi connectivity index (χ2v) is 2.56. The lowest BCUT2D eigenvalue weighted by molar-refractivity contribution is -0.138. The van der Waals surface area contributed by atoms with Crippen molar-refractivity contribution in [3.8, 4) is 0 Å². The Bertz CT molecular complexity index is 129. The molecule has 0 saturated carbocycles. The van der Waals surface area contributed by atoms with Gasteiger partial charge in [0.25, 0.3) is 0 Å². The Morgan fingerprint density at radius 3 is 3.00 bits per heavy atom. The molecule has 0 heterocycles. The predicted octanol–water partition coefficient (Wildman–Crippen LogP) is 0.151. The van der Waals surface area contributed by atoms with Gasteiger partial charge in [0.15, 0.2) is 0 Å². The molecule has 0 aromatic carbocycles. The number of carboxylic acids is 1. The van der Waals surface area contributed by atoms with E-state index in [-0.39, 0.29) is 6.42 Å². The summed E-state index contributed by atoms with van der Waals surface area (Å²) in [6, 6.07) is -1.80. The van der Waals surface area contributed by atoms with Crippen molar-refractivity contribution in [1.29, 1.82) is 0 Å². The van der Waals surface area contributed by atoms with E-state index in [0.29, 0.717) is 5.75 Å². The summed E-state index contributed by atoms with van der Waals surface area (Å²) in [6.07, 6.45) is 2.03. The van der Waals surface area contributed by atoms with Crippen molar-refractivity contribution in [3.05, 3.63) is 0 Å². The van der Waals surface area contributed by atoms with E-state index in [2.05, 4.69) is 0 Å². The molecule has 0 aliphatic carbocycles. The normalized spacial score (nSPS) is 18.2. The predicted molar refractivity (Wildman–Crippen MR) is 38.6 cm³/mol. The molecule has 1 atom stereocenters. The SMILES string of the molecule is [2H][C@@](N)(CCSC)C(=O)O. The average Bonchev–Trinajstić information content (AvgIpc) is 1.84. The minimum atomic E-state index is -1.80. The first kappa shape index (κ1) is 6.89. The first-order chi connectivity index (χ1) is 4.50. The van der Waals surface area contributed by atoms with E-state index in [1.807, 2.05) is 6.26 Å². The van der Waals surface area contributed by atoms with Crippen LogP contribution in [0.15, 0.2) is 0 Å². The molecule has 3 nitrogen and oxygen atoms in total. The third kappa shape index (κ3) is 4.29. The van der Waals surface area contributed by atoms with Crippen LogP contribution in [-0.4, -0.2) is 29.1 Å². The number of carbonyl (C=O) groups is 1. The summed E-state index contributed by atoms with van der Waals surface area (Å²) in [6.45, 7) is 0. The lowest BCUT2D eigenvalue weighted by atomic mass is 10.2. The molecule has 0 fully saturated rings. The molecule has 0 spiro atoms. The van der Waals surface area contributed by atoms with Gasteiger partial charge in [0.1, 0.15) is 6.02 Å². The van der Waals surface area contributed by atoms with Crippen LogP contribution >= 0.6 is 11.8 Å². The first-order valence-corrected chi connectivity index (χ1v) is 3.91. The van der Waals surface area contributed by atoms with Gasteiger partial charge in [0.2, 0.25) is 0 Å². The molecule has 54 valence electrons. The van der Waals surface area contributed by atoms with Crippen molar-refractivity contribution in [2.24, 2.45) is 5.73 Å². The van der Waals surface area contributed by atoms with Crippen molar-refractivity contribution >= 4 is 17.7 Å². The molecule has 0 bridgehead atoms. The molecule has 0 unspecified atom stereocenters. The summed E-state index contributed by atoms with van der Waals surface area (Å²) in [7, 11) is 0. The lowest BCUT2D eigenvalue weighted by Crippen LogP contribution is -2.30. The summed E-state index contributed by atoms with van der Waals surface area (Å²) >= 11 is 1.48. The summed E-state index contributed by atoms with van der Waals surface area (Å²) in [5.41, 5.74) is 5.10. The van der Waals surface area contributed by atoms with Crippen molar-refractivity contribution in [1.82, 2.24) is 0 Å². The van der Waals surface area contributed by atoms with Crippen LogP contribution in [0.25, 0.3) is 0 Å². The van der Waals surface area contributed by atoms with E-state index in [4.69, 9.17) is 12.2 Å². The number of nitrogens with two attached hydrogens (primary N) is 1. The van der Waals surface area contributed by atoms with Gasteiger partial charge < -0.3 is 10.8 Å². The third-order valence-electron chi connectivity index (χ3n) is 0.850. The minimum absolute atomic E-state index is 0.184. The summed E-state index contributed by atoms with van der Waals surface area (Å²) in [5.74, 6) is -0.659. The van der Waals surface area contributed by atoms with E-state index in [1.54, 1.807) is 0 Å². The maximum absolute atomic E-state index is 10.2. The van der Waals surface area contributed by atoms with E-state index in [9.17, 15) is 4.79 Å². The minimum Gasteiger partial charge on any atom is -0.480 e. The van der Waals surface area contributed by atoms with Gasteiger partial charge in [0.05, 0.1) is 1.37 Å². The molecule has 0 rings (SSSR count). The highest BCUT2D eigenvalue weighted by Gasteiger charge is 2.08. The quantitative estimate of drug-likeness (QED) is 0.599. The topological polar surface area (TPSA) is 63.3 Å². The molecule has 0 aromatic rings. The van der Waals surface area contributed by atoms with Gasteiger partial charge >= 0.3 is 5.97 Å². The van der Waals surface area contributed by atoms with Gasteiger partial charge in [-0.1, -0.05) is 0 Å². The fraction of sp³-hybridized carbons (Fsp3) is 0.800. The Kier molecular flexibility index (Phi) is 3.55. The van der Waals surface area contributed by atoms with Gasteiger partial charge in [-0.2, -0.15) is 11.8 Å². The highest BCUT2D eigenvalue weighted by atomic mass is 32.2. The Morgan fingerprint density at radius 2 is 2.67 bits per heavy atom. The number of hydrogen-bond acceptors (Lipinski definition) is 3. The zero-order valence-electron chi connectivity index (χ0n) is 6.26. The van der Waals surface area contributed by atoms with Crippen LogP contribution in [0.5, 0.6) is 0 Å². The summed E-state index contributed by atoms with van der Waals surface area (Å²) < 4.78 is 7.05. The second kappa shape index (κ2) is 4.64. The Balaban J connectivity index is 3.75. The molecule has 0 saturated heterocycles. The molecule has 4 heteroatoms. The maximum Gasteiger partial charge on any atom is 0.320 e. The monoisotopic (exact) mass is 150 g/mol. The fourth-order valence-corrected chi connectivity index (χ4v) is 0.743. The number of aliphatic carboxylic acids is 1. The van der Waals surface area contributed by atoms with Crippen LogP contribution in [-0.2, 0) is 4.79 Å². The molecule has 0 amide bonds. The van der Waals surface area contributed by atoms with E-state index in [1.165, 1.54) is 11.8 Å². The number of hydrogen-bond donors (Lipinski definition) is 2. The molecule has 0 aliphatic heterocycles. The standard InChI is InChI=1S/C5H11NO2S/c1-9-3-2-4(6)5(7)8/h4H,2-3,6H2,1H3,(H,7,8)/t4-/m1/s1/i4D. The Labute approximate surface area is 60.0 Å². The Morgan fingerprint density at radius 1 is 2.11 bits per heavy atom. The number of rotatable bonds is 4. The largest absolute Gasteiger partial charge is 0.480 e. The maximum atomic E-state index is 10.2. The molecule has 9 heavy (non-hydrogen) atoms. The van der Waals surface area contributed by atoms with Crippen LogP contribution in [0, 0.1) is 0 Å². The van der Waals surface area contributed by atoms with Crippen LogP contribution in [0.2, 0.25) is 0 Å². The first-order valence-electron chi connectivity index (χ1n) is 3.02. The molecular formula is C5H11NO2S. The van der Waals surface area contributed by atoms with Crippen LogP contribution in [0.3, 0.4) is 0 Å². The molecule has 0 radical (unpaired) electrons. The van der Waals surface area contributed by atoms with E-state index < -0.39 is 12.0 Å². The third-order valence-corrected chi connectivity index (χ3v) is 1.46. The zero-order valence-corrected chi connectivity index (χ0v) is 6.07. The highest BCUT2D eigenvalue weighted by Crippen LogP contribution is 1.97. The van der Waals surface area contributed by atoms with Gasteiger partial charge in [-0.15, -0.1) is 0 Å². The smallest absolute Gasteiger partial charge is 0.320 e. The van der Waals surface area contributed by atoms with Crippen molar-refractivity contribution in [2.45, 2.75) is 12.4 Å². The van der Waals surface area contributed by atoms with Crippen molar-refractivity contribution in [2.75, 3.05) is 12.0 Å². The highest BCUT2D eigenvalue weighted by molar-refractivity contribution is 7.98. The van der Waals surface area contributed by atoms with Crippen molar-refractivity contribution < 1.29 is 11.3 Å². The second-order valence-electron chi connectivity index (χ2n) is 1.57. The number of thioether (sulfide) groups is 1. The Hall–Kier alpha value is -0.220. The van der Waals surface area contributed by atoms with E-state index in [0.717, 1.165) is 0 Å². The summed E-state index contributed by atoms with van der Waals surface area (Å²) in [5, 5.41) is 8.35. The van der Waals surface area contributed by atoms with E-state index >= 15 is 0 Å². The summed E-state index contributed by atoms with van der Waals surface area (Å²) in [4.78, 5) is 10.2. The van der Waals surface area contributed by atoms with Gasteiger partial charge in [0, 0.05) is 0 Å². The van der Waals surface area contributed by atoms with Gasteiger partial charge in [-0.05, 0) is 18.4 Å². The molecule has 0 aliphatic rings.